The van der Waals surface area contributed by atoms with Gasteiger partial charge in [0.1, 0.15) is 5.60 Å². The lowest BCUT2D eigenvalue weighted by Gasteiger charge is -2.41. The molecular formula is C31H38ClN3O8. The number of nitrogens with zero attached hydrogens (tertiary/aromatic N) is 3. The summed E-state index contributed by atoms with van der Waals surface area (Å²) in [5, 5.41) is 1.99. The van der Waals surface area contributed by atoms with Crippen LogP contribution in [0.4, 0.5) is 9.59 Å². The van der Waals surface area contributed by atoms with E-state index in [1.807, 2.05) is 0 Å². The van der Waals surface area contributed by atoms with Crippen LogP contribution in [0.3, 0.4) is 0 Å². The number of amides is 4. The van der Waals surface area contributed by atoms with Crippen molar-refractivity contribution in [2.75, 3.05) is 19.9 Å². The normalized spacial score (nSPS) is 14.0. The van der Waals surface area contributed by atoms with Gasteiger partial charge in [0.2, 0.25) is 6.79 Å². The van der Waals surface area contributed by atoms with E-state index in [2.05, 4.69) is 0 Å². The first-order valence-corrected chi connectivity index (χ1v) is 14.3. The number of rotatable bonds is 5. The van der Waals surface area contributed by atoms with E-state index in [0.717, 1.165) is 5.01 Å². The second-order valence-electron chi connectivity index (χ2n) is 12.0. The molecule has 232 valence electrons. The zero-order valence-corrected chi connectivity index (χ0v) is 26.1. The summed E-state index contributed by atoms with van der Waals surface area (Å²) in [4.78, 5) is 67.3. The Morgan fingerprint density at radius 3 is 1.91 bits per heavy atom. The summed E-state index contributed by atoms with van der Waals surface area (Å²) >= 11 is 5.98. The van der Waals surface area contributed by atoms with Gasteiger partial charge in [-0.15, -0.1) is 5.01 Å². The Balaban J connectivity index is 1.73. The van der Waals surface area contributed by atoms with E-state index in [9.17, 15) is 24.0 Å². The molecule has 0 N–H and O–H groups in total. The lowest BCUT2D eigenvalue weighted by Crippen LogP contribution is -2.60. The number of hydrogen-bond acceptors (Lipinski definition) is 8. The van der Waals surface area contributed by atoms with Gasteiger partial charge in [-0.3, -0.25) is 14.4 Å². The quantitative estimate of drug-likeness (QED) is 0.231. The Kier molecular flexibility index (Phi) is 10.8. The number of hydrazine groups is 1. The molecule has 12 heteroatoms. The van der Waals surface area contributed by atoms with Gasteiger partial charge in [-0.1, -0.05) is 29.8 Å². The van der Waals surface area contributed by atoms with Crippen molar-refractivity contribution in [2.45, 2.75) is 65.5 Å². The summed E-state index contributed by atoms with van der Waals surface area (Å²) in [6, 6.07) is 14.0. The Morgan fingerprint density at radius 1 is 0.814 bits per heavy atom. The Hall–Kier alpha value is -4.12. The van der Waals surface area contributed by atoms with Crippen molar-refractivity contribution in [1.82, 2.24) is 14.9 Å². The van der Waals surface area contributed by atoms with Crippen LogP contribution in [0.2, 0.25) is 5.02 Å². The Morgan fingerprint density at radius 2 is 1.37 bits per heavy atom. The van der Waals surface area contributed by atoms with Crippen molar-refractivity contribution >= 4 is 41.6 Å². The van der Waals surface area contributed by atoms with Crippen LogP contribution in [0.15, 0.2) is 54.6 Å². The molecule has 4 amide bonds. The number of benzene rings is 2. The fourth-order valence-electron chi connectivity index (χ4n) is 4.31. The van der Waals surface area contributed by atoms with Crippen molar-refractivity contribution in [3.63, 3.8) is 0 Å². The highest BCUT2D eigenvalue weighted by molar-refractivity contribution is 6.30. The molecular weight excluding hydrogens is 578 g/mol. The van der Waals surface area contributed by atoms with Crippen molar-refractivity contribution < 1.29 is 38.2 Å². The zero-order chi connectivity index (χ0) is 31.9. The molecule has 0 spiro atoms. The molecule has 1 saturated heterocycles. The molecule has 0 radical (unpaired) electrons. The standard InChI is InChI=1S/C31H38ClN3O8/c1-30(2,3)35(26(37)21-10-8-7-9-11-21)34(25(36)22-12-14-24(32)15-13-22)29(40)42-20-41-27(38)23-16-18-33(19-17-23)28(39)43-31(4,5)6/h7-15,23H,16-20H2,1-6H3. The molecule has 0 bridgehead atoms. The second kappa shape index (κ2) is 13.9. The molecule has 1 aliphatic rings. The predicted molar refractivity (Wildman–Crippen MR) is 158 cm³/mol. The fraction of sp³-hybridized carbons (Fsp3) is 0.452. The minimum absolute atomic E-state index is 0.0743. The molecule has 0 aliphatic carbocycles. The number of halogens is 1. The minimum Gasteiger partial charge on any atom is -0.444 e. The highest BCUT2D eigenvalue weighted by Gasteiger charge is 2.41. The van der Waals surface area contributed by atoms with E-state index >= 15 is 0 Å². The highest BCUT2D eigenvalue weighted by atomic mass is 35.5. The molecule has 2 aromatic carbocycles. The lowest BCUT2D eigenvalue weighted by atomic mass is 9.97. The van der Waals surface area contributed by atoms with Gasteiger partial charge in [0.05, 0.1) is 11.5 Å². The highest BCUT2D eigenvalue weighted by Crippen LogP contribution is 2.25. The van der Waals surface area contributed by atoms with Gasteiger partial charge in [-0.2, -0.15) is 0 Å². The first-order chi connectivity index (χ1) is 20.1. The van der Waals surface area contributed by atoms with E-state index in [0.29, 0.717) is 36.0 Å². The summed E-state index contributed by atoms with van der Waals surface area (Å²) in [5.74, 6) is -2.60. The van der Waals surface area contributed by atoms with Gasteiger partial charge in [0.25, 0.3) is 11.8 Å². The van der Waals surface area contributed by atoms with Crippen molar-refractivity contribution in [3.05, 3.63) is 70.7 Å². The van der Waals surface area contributed by atoms with Crippen LogP contribution in [0.5, 0.6) is 0 Å². The summed E-state index contributed by atoms with van der Waals surface area (Å²) < 4.78 is 15.8. The smallest absolute Gasteiger partial charge is 0.439 e. The fourth-order valence-corrected chi connectivity index (χ4v) is 4.44. The molecule has 43 heavy (non-hydrogen) atoms. The van der Waals surface area contributed by atoms with E-state index in [4.69, 9.17) is 25.8 Å². The molecule has 0 unspecified atom stereocenters. The third-order valence-corrected chi connectivity index (χ3v) is 6.62. The monoisotopic (exact) mass is 615 g/mol. The second-order valence-corrected chi connectivity index (χ2v) is 12.4. The number of likely N-dealkylation sites (tertiary alicyclic amines) is 1. The van der Waals surface area contributed by atoms with Gasteiger partial charge < -0.3 is 19.1 Å². The number of carbonyl (C=O) groups is 5. The predicted octanol–water partition coefficient (Wildman–Crippen LogP) is 5.92. The van der Waals surface area contributed by atoms with E-state index in [1.165, 1.54) is 29.2 Å². The van der Waals surface area contributed by atoms with Crippen LogP contribution in [0, 0.1) is 5.92 Å². The maximum Gasteiger partial charge on any atom is 0.439 e. The molecule has 3 rings (SSSR count). The summed E-state index contributed by atoms with van der Waals surface area (Å²) in [5.41, 5.74) is -1.38. The average Bonchev–Trinajstić information content (AvgIpc) is 2.94. The zero-order valence-electron chi connectivity index (χ0n) is 25.3. The van der Waals surface area contributed by atoms with Gasteiger partial charge >= 0.3 is 18.2 Å². The van der Waals surface area contributed by atoms with Crippen molar-refractivity contribution in [1.29, 1.82) is 0 Å². The number of carbonyl (C=O) groups excluding carboxylic acids is 5. The van der Waals surface area contributed by atoms with Gasteiger partial charge in [-0.05, 0) is 90.8 Å². The largest absolute Gasteiger partial charge is 0.444 e. The number of hydrogen-bond donors (Lipinski definition) is 0. The molecule has 0 aromatic heterocycles. The Labute approximate surface area is 256 Å². The number of piperidine rings is 1. The van der Waals surface area contributed by atoms with Gasteiger partial charge in [-0.25, -0.2) is 14.6 Å². The van der Waals surface area contributed by atoms with E-state index in [1.54, 1.807) is 71.9 Å². The molecule has 11 nitrogen and oxygen atoms in total. The molecule has 0 saturated carbocycles. The third-order valence-electron chi connectivity index (χ3n) is 6.37. The van der Waals surface area contributed by atoms with Crippen molar-refractivity contribution in [2.24, 2.45) is 5.92 Å². The maximum atomic E-state index is 13.7. The van der Waals surface area contributed by atoms with Gasteiger partial charge in [0, 0.05) is 29.2 Å². The maximum absolute atomic E-state index is 13.7. The van der Waals surface area contributed by atoms with Crippen LogP contribution >= 0.6 is 11.6 Å². The molecule has 0 atom stereocenters. The summed E-state index contributed by atoms with van der Waals surface area (Å²) in [6.07, 6.45) is -0.980. The molecule has 1 heterocycles. The lowest BCUT2D eigenvalue weighted by molar-refractivity contribution is -0.159. The number of imide groups is 1. The SMILES string of the molecule is CC(C)(C)OC(=O)N1CCC(C(=O)OCOC(=O)N(C(=O)c2ccc(Cl)cc2)N(C(=O)c2ccccc2)C(C)(C)C)CC1. The van der Waals surface area contributed by atoms with Crippen LogP contribution in [0.1, 0.15) is 75.1 Å². The van der Waals surface area contributed by atoms with Crippen LogP contribution in [-0.2, 0) is 19.0 Å². The number of esters is 1. The molecule has 1 aliphatic heterocycles. The summed E-state index contributed by atoms with van der Waals surface area (Å²) in [6.45, 7) is 10.1. The molecule has 2 aromatic rings. The first kappa shape index (κ1) is 33.4. The Bertz CT molecular complexity index is 1310. The topological polar surface area (TPSA) is 123 Å². The number of ether oxygens (including phenoxy) is 3. The van der Waals surface area contributed by atoms with E-state index < -0.39 is 53.8 Å². The third kappa shape index (κ3) is 9.18. The minimum atomic E-state index is -1.22. The van der Waals surface area contributed by atoms with Crippen molar-refractivity contribution in [3.8, 4) is 0 Å². The van der Waals surface area contributed by atoms with Crippen LogP contribution in [-0.4, -0.2) is 75.9 Å². The van der Waals surface area contributed by atoms with Gasteiger partial charge in [0.15, 0.2) is 0 Å². The van der Waals surface area contributed by atoms with E-state index in [-0.39, 0.29) is 11.1 Å². The summed E-state index contributed by atoms with van der Waals surface area (Å²) in [7, 11) is 0. The van der Waals surface area contributed by atoms with Crippen LogP contribution < -0.4 is 0 Å². The first-order valence-electron chi connectivity index (χ1n) is 13.9. The average molecular weight is 616 g/mol. The molecule has 1 fully saturated rings. The van der Waals surface area contributed by atoms with Crippen LogP contribution in [0.25, 0.3) is 0 Å².